The minimum atomic E-state index is -0.548. The molecule has 0 radical (unpaired) electrons. The molecule has 0 saturated carbocycles. The van der Waals surface area contributed by atoms with Crippen molar-refractivity contribution in [2.24, 2.45) is 5.92 Å². The molecule has 0 aliphatic heterocycles. The number of amides is 1. The zero-order chi connectivity index (χ0) is 20.8. The van der Waals surface area contributed by atoms with Crippen LogP contribution in [0.25, 0.3) is 11.2 Å². The van der Waals surface area contributed by atoms with Gasteiger partial charge in [0.25, 0.3) is 5.56 Å². The second-order valence-corrected chi connectivity index (χ2v) is 7.39. The van der Waals surface area contributed by atoms with Gasteiger partial charge < -0.3 is 15.0 Å². The Labute approximate surface area is 164 Å². The van der Waals surface area contributed by atoms with Gasteiger partial charge >= 0.3 is 5.69 Å². The van der Waals surface area contributed by atoms with Crippen LogP contribution >= 0.6 is 0 Å². The topological polar surface area (TPSA) is 111 Å². The first-order chi connectivity index (χ1) is 13.3. The number of hydrogen-bond acceptors (Lipinski definition) is 5. The third kappa shape index (κ3) is 4.52. The van der Waals surface area contributed by atoms with Crippen LogP contribution in [-0.4, -0.2) is 36.2 Å². The van der Waals surface area contributed by atoms with Gasteiger partial charge in [0.05, 0.1) is 0 Å². The summed E-state index contributed by atoms with van der Waals surface area (Å²) in [6, 6.07) is 0. The molecule has 2 N–H and O–H groups in total. The standard InChI is InChI=1S/C19H31N5O4/c1-5-7-9-23-17-16(22(8-6-2)14(12-25)21-17)18(27)24(19(23)28)11-15(26)20-10-13(3)4/h13,25H,5-12H2,1-4H3,(H,20,26). The smallest absolute Gasteiger partial charge is 0.333 e. The highest BCUT2D eigenvalue weighted by atomic mass is 16.3. The molecule has 0 fully saturated rings. The number of imidazole rings is 1. The molecule has 0 aliphatic rings. The maximum absolute atomic E-state index is 13.1. The highest BCUT2D eigenvalue weighted by Gasteiger charge is 2.22. The van der Waals surface area contributed by atoms with Crippen molar-refractivity contribution in [3.05, 3.63) is 26.7 Å². The predicted molar refractivity (Wildman–Crippen MR) is 107 cm³/mol. The number of nitrogens with zero attached hydrogens (tertiary/aromatic N) is 4. The highest BCUT2D eigenvalue weighted by molar-refractivity contribution is 5.76. The Kier molecular flexibility index (Phi) is 7.56. The van der Waals surface area contributed by atoms with Gasteiger partial charge in [0.1, 0.15) is 19.0 Å². The number of carbonyl (C=O) groups is 1. The number of aromatic nitrogens is 4. The monoisotopic (exact) mass is 393 g/mol. The summed E-state index contributed by atoms with van der Waals surface area (Å²) >= 11 is 0. The highest BCUT2D eigenvalue weighted by Crippen LogP contribution is 2.13. The Balaban J connectivity index is 2.66. The fourth-order valence-corrected chi connectivity index (χ4v) is 3.10. The van der Waals surface area contributed by atoms with Crippen LogP contribution in [0.5, 0.6) is 0 Å². The maximum atomic E-state index is 13.1. The Bertz CT molecular complexity index is 938. The molecule has 156 valence electrons. The van der Waals surface area contributed by atoms with Crippen LogP contribution in [0.4, 0.5) is 0 Å². The summed E-state index contributed by atoms with van der Waals surface area (Å²) in [6.07, 6.45) is 2.34. The summed E-state index contributed by atoms with van der Waals surface area (Å²) in [5.74, 6) is 0.237. The molecule has 1 amide bonds. The zero-order valence-corrected chi connectivity index (χ0v) is 17.2. The predicted octanol–water partition coefficient (Wildman–Crippen LogP) is 0.834. The van der Waals surface area contributed by atoms with Crippen LogP contribution < -0.4 is 16.6 Å². The molecule has 9 heteroatoms. The van der Waals surface area contributed by atoms with Crippen molar-refractivity contribution in [3.63, 3.8) is 0 Å². The number of aryl methyl sites for hydroxylation is 2. The van der Waals surface area contributed by atoms with Crippen molar-refractivity contribution in [2.45, 2.75) is 73.2 Å². The van der Waals surface area contributed by atoms with Crippen molar-refractivity contribution < 1.29 is 9.90 Å². The summed E-state index contributed by atoms with van der Waals surface area (Å²) in [6.45, 7) is 8.60. The fourth-order valence-electron chi connectivity index (χ4n) is 3.10. The molecule has 0 aliphatic carbocycles. The molecule has 0 aromatic carbocycles. The first kappa shape index (κ1) is 21.9. The molecule has 2 rings (SSSR count). The molecule has 0 saturated heterocycles. The van der Waals surface area contributed by atoms with Crippen LogP contribution in [0.1, 0.15) is 52.8 Å². The van der Waals surface area contributed by atoms with Gasteiger partial charge in [-0.15, -0.1) is 0 Å². The molecular weight excluding hydrogens is 362 g/mol. The Morgan fingerprint density at radius 1 is 1.11 bits per heavy atom. The average molecular weight is 393 g/mol. The van der Waals surface area contributed by atoms with Gasteiger partial charge in [0, 0.05) is 19.6 Å². The second kappa shape index (κ2) is 9.68. The number of aliphatic hydroxyl groups is 1. The van der Waals surface area contributed by atoms with Crippen molar-refractivity contribution in [2.75, 3.05) is 6.54 Å². The molecule has 0 unspecified atom stereocenters. The average Bonchev–Trinajstić information content (AvgIpc) is 3.02. The van der Waals surface area contributed by atoms with Crippen molar-refractivity contribution in [1.29, 1.82) is 0 Å². The largest absolute Gasteiger partial charge is 0.388 e. The maximum Gasteiger partial charge on any atom is 0.333 e. The molecule has 0 spiro atoms. The van der Waals surface area contributed by atoms with Crippen LogP contribution in [0.3, 0.4) is 0 Å². The molecule has 28 heavy (non-hydrogen) atoms. The number of nitrogens with one attached hydrogen (secondary N) is 1. The lowest BCUT2D eigenvalue weighted by atomic mass is 10.2. The third-order valence-corrected chi connectivity index (χ3v) is 4.53. The number of unbranched alkanes of at least 4 members (excludes halogenated alkanes) is 1. The van der Waals surface area contributed by atoms with Gasteiger partial charge in [0.2, 0.25) is 5.91 Å². The quantitative estimate of drug-likeness (QED) is 0.621. The van der Waals surface area contributed by atoms with Gasteiger partial charge in [0.15, 0.2) is 11.2 Å². The van der Waals surface area contributed by atoms with Gasteiger partial charge in [-0.1, -0.05) is 34.1 Å². The lowest BCUT2D eigenvalue weighted by molar-refractivity contribution is -0.121. The van der Waals surface area contributed by atoms with Crippen molar-refractivity contribution >= 4 is 17.1 Å². The van der Waals surface area contributed by atoms with Crippen LogP contribution in [0.2, 0.25) is 0 Å². The van der Waals surface area contributed by atoms with Crippen molar-refractivity contribution in [1.82, 2.24) is 24.0 Å². The van der Waals surface area contributed by atoms with E-state index in [9.17, 15) is 19.5 Å². The number of aliphatic hydroxyl groups excluding tert-OH is 1. The van der Waals surface area contributed by atoms with E-state index in [1.54, 1.807) is 4.57 Å². The summed E-state index contributed by atoms with van der Waals surface area (Å²) < 4.78 is 4.08. The normalized spacial score (nSPS) is 11.5. The number of rotatable bonds is 10. The summed E-state index contributed by atoms with van der Waals surface area (Å²) in [5.41, 5.74) is -0.553. The number of carbonyl (C=O) groups excluding carboxylic acids is 1. The van der Waals surface area contributed by atoms with E-state index in [4.69, 9.17) is 0 Å². The fraction of sp³-hybridized carbons (Fsp3) is 0.684. The van der Waals surface area contributed by atoms with Crippen LogP contribution in [0, 0.1) is 5.92 Å². The van der Waals surface area contributed by atoms with Crippen molar-refractivity contribution in [3.8, 4) is 0 Å². The van der Waals surface area contributed by atoms with Gasteiger partial charge in [-0.25, -0.2) is 14.3 Å². The summed E-state index contributed by atoms with van der Waals surface area (Å²) in [5, 5.41) is 12.4. The minimum absolute atomic E-state index is 0.262. The SMILES string of the molecule is CCCCn1c(=O)n(CC(=O)NCC(C)C)c(=O)c2c1nc(CO)n2CCC. The summed E-state index contributed by atoms with van der Waals surface area (Å²) in [7, 11) is 0. The van der Waals surface area contributed by atoms with E-state index in [1.165, 1.54) is 4.57 Å². The molecule has 9 nitrogen and oxygen atoms in total. The van der Waals surface area contributed by atoms with Gasteiger partial charge in [-0.3, -0.25) is 14.2 Å². The Morgan fingerprint density at radius 3 is 2.39 bits per heavy atom. The zero-order valence-electron chi connectivity index (χ0n) is 17.2. The van der Waals surface area contributed by atoms with E-state index in [-0.39, 0.29) is 36.1 Å². The molecule has 2 heterocycles. The first-order valence-corrected chi connectivity index (χ1v) is 9.95. The van der Waals surface area contributed by atoms with E-state index in [1.807, 2.05) is 27.7 Å². The summed E-state index contributed by atoms with van der Waals surface area (Å²) in [4.78, 5) is 42.7. The van der Waals surface area contributed by atoms with Crippen LogP contribution in [0.15, 0.2) is 9.59 Å². The van der Waals surface area contributed by atoms with E-state index >= 15 is 0 Å². The van der Waals surface area contributed by atoms with E-state index in [0.29, 0.717) is 25.5 Å². The molecule has 2 aromatic heterocycles. The van der Waals surface area contributed by atoms with E-state index in [0.717, 1.165) is 23.8 Å². The van der Waals surface area contributed by atoms with E-state index < -0.39 is 11.2 Å². The lowest BCUT2D eigenvalue weighted by Crippen LogP contribution is -2.44. The first-order valence-electron chi connectivity index (χ1n) is 9.95. The second-order valence-electron chi connectivity index (χ2n) is 7.39. The Morgan fingerprint density at radius 2 is 1.82 bits per heavy atom. The molecule has 0 bridgehead atoms. The minimum Gasteiger partial charge on any atom is -0.388 e. The molecular formula is C19H31N5O4. The van der Waals surface area contributed by atoms with Gasteiger partial charge in [-0.2, -0.15) is 0 Å². The van der Waals surface area contributed by atoms with Crippen LogP contribution in [-0.2, 0) is 31.0 Å². The Hall–Kier alpha value is -2.42. The lowest BCUT2D eigenvalue weighted by Gasteiger charge is -2.13. The van der Waals surface area contributed by atoms with Gasteiger partial charge in [-0.05, 0) is 18.8 Å². The van der Waals surface area contributed by atoms with E-state index in [2.05, 4.69) is 10.3 Å². The third-order valence-electron chi connectivity index (χ3n) is 4.53. The number of hydrogen-bond donors (Lipinski definition) is 2. The number of fused-ring (bicyclic) bond motifs is 1. The molecule has 2 aromatic rings. The molecule has 0 atom stereocenters.